The third kappa shape index (κ3) is 3.36. The van der Waals surface area contributed by atoms with E-state index >= 15 is 0 Å². The second-order valence-electron chi connectivity index (χ2n) is 5.05. The Labute approximate surface area is 131 Å². The Hall–Kier alpha value is -1.60. The number of hydrogen-bond acceptors (Lipinski definition) is 5. The minimum absolute atomic E-state index is 0.174. The van der Waals surface area contributed by atoms with Gasteiger partial charge < -0.3 is 10.0 Å². The molecule has 5 nitrogen and oxygen atoms in total. The molecule has 1 heterocycles. The Balaban J connectivity index is 2.02. The van der Waals surface area contributed by atoms with Gasteiger partial charge in [-0.3, -0.25) is 4.79 Å². The number of para-hydroxylation sites is 1. The van der Waals surface area contributed by atoms with E-state index < -0.39 is 11.5 Å². The van der Waals surface area contributed by atoms with Crippen LogP contribution < -0.4 is 0 Å². The highest BCUT2D eigenvalue weighted by Gasteiger charge is 2.35. The molecule has 2 rings (SSSR count). The quantitative estimate of drug-likeness (QED) is 0.856. The number of rotatable bonds is 5. The predicted molar refractivity (Wildman–Crippen MR) is 84.8 cm³/mol. The molecule has 0 fully saturated rings. The van der Waals surface area contributed by atoms with Gasteiger partial charge in [0.05, 0.1) is 16.0 Å². The molecule has 0 aliphatic heterocycles. The maximum atomic E-state index is 12.1. The summed E-state index contributed by atoms with van der Waals surface area (Å²) < 4.78 is 1.89. The zero-order valence-electron chi connectivity index (χ0n) is 12.0. The lowest BCUT2D eigenvalue weighted by molar-refractivity contribution is -0.154. The van der Waals surface area contributed by atoms with Crippen LogP contribution in [0.15, 0.2) is 28.6 Å². The number of aliphatic carboxylic acids is 1. The Morgan fingerprint density at radius 1 is 1.38 bits per heavy atom. The van der Waals surface area contributed by atoms with Crippen molar-refractivity contribution >= 4 is 45.2 Å². The van der Waals surface area contributed by atoms with E-state index in [2.05, 4.69) is 4.98 Å². The van der Waals surface area contributed by atoms with Crippen LogP contribution in [0.2, 0.25) is 0 Å². The lowest BCUT2D eigenvalue weighted by Gasteiger charge is -2.31. The molecule has 0 aliphatic carbocycles. The van der Waals surface area contributed by atoms with Crippen molar-refractivity contribution in [3.63, 3.8) is 0 Å². The van der Waals surface area contributed by atoms with Gasteiger partial charge in [-0.1, -0.05) is 23.9 Å². The average molecular weight is 324 g/mol. The van der Waals surface area contributed by atoms with E-state index in [9.17, 15) is 9.59 Å². The molecule has 7 heteroatoms. The number of benzene rings is 1. The molecule has 0 radical (unpaired) electrons. The summed E-state index contributed by atoms with van der Waals surface area (Å²) >= 11 is 2.86. The molecule has 2 aromatic rings. The van der Waals surface area contributed by atoms with E-state index in [0.717, 1.165) is 14.6 Å². The van der Waals surface area contributed by atoms with Crippen molar-refractivity contribution in [1.82, 2.24) is 9.88 Å². The summed E-state index contributed by atoms with van der Waals surface area (Å²) in [7, 11) is 1.51. The number of carbonyl (C=O) groups excluding carboxylic acids is 1. The normalized spacial score (nSPS) is 11.6. The second kappa shape index (κ2) is 6.03. The highest BCUT2D eigenvalue weighted by molar-refractivity contribution is 8.01. The van der Waals surface area contributed by atoms with Crippen LogP contribution in [0.25, 0.3) is 10.2 Å². The molecule has 0 saturated heterocycles. The van der Waals surface area contributed by atoms with Crippen molar-refractivity contribution in [2.75, 3.05) is 12.8 Å². The lowest BCUT2D eigenvalue weighted by Crippen LogP contribution is -2.51. The van der Waals surface area contributed by atoms with Crippen LogP contribution in [0.3, 0.4) is 0 Å². The summed E-state index contributed by atoms with van der Waals surface area (Å²) in [6, 6.07) is 7.78. The Bertz CT molecular complexity index is 649. The molecule has 0 bridgehead atoms. The van der Waals surface area contributed by atoms with Crippen molar-refractivity contribution in [3.8, 4) is 0 Å². The van der Waals surface area contributed by atoms with Gasteiger partial charge >= 0.3 is 5.97 Å². The van der Waals surface area contributed by atoms with Crippen LogP contribution in [0, 0.1) is 0 Å². The molecule has 112 valence electrons. The first-order chi connectivity index (χ1) is 9.82. The van der Waals surface area contributed by atoms with Gasteiger partial charge in [-0.05, 0) is 26.0 Å². The number of hydrogen-bond donors (Lipinski definition) is 1. The fraction of sp³-hybridized carbons (Fsp3) is 0.357. The van der Waals surface area contributed by atoms with E-state index in [1.165, 1.54) is 48.9 Å². The summed E-state index contributed by atoms with van der Waals surface area (Å²) in [5, 5.41) is 9.13. The highest BCUT2D eigenvalue weighted by Crippen LogP contribution is 2.29. The van der Waals surface area contributed by atoms with Crippen molar-refractivity contribution < 1.29 is 14.7 Å². The summed E-state index contributed by atoms with van der Waals surface area (Å²) in [6.45, 7) is 3.02. The minimum atomic E-state index is -1.22. The van der Waals surface area contributed by atoms with E-state index in [-0.39, 0.29) is 11.7 Å². The number of carbonyl (C=O) groups is 2. The second-order valence-corrected chi connectivity index (χ2v) is 7.31. The van der Waals surface area contributed by atoms with Gasteiger partial charge in [0.25, 0.3) is 0 Å². The highest BCUT2D eigenvalue weighted by atomic mass is 32.2. The number of aromatic nitrogens is 1. The van der Waals surface area contributed by atoms with Crippen LogP contribution in [0.4, 0.5) is 0 Å². The maximum absolute atomic E-state index is 12.1. The van der Waals surface area contributed by atoms with E-state index in [0.29, 0.717) is 0 Å². The predicted octanol–water partition coefficient (Wildman–Crippen LogP) is 2.71. The molecule has 0 saturated carbocycles. The summed E-state index contributed by atoms with van der Waals surface area (Å²) in [5.74, 6) is -1.08. The molecule has 0 aliphatic rings. The first-order valence-corrected chi connectivity index (χ1v) is 8.11. The van der Waals surface area contributed by atoms with Crippen LogP contribution in [0.5, 0.6) is 0 Å². The third-order valence-electron chi connectivity index (χ3n) is 3.33. The topological polar surface area (TPSA) is 70.5 Å². The standard InChI is InChI=1S/C14H16N2O3S2/c1-14(2,12(18)19)16(3)11(17)8-20-13-15-9-6-4-5-7-10(9)21-13/h4-7H,8H2,1-3H3,(H,18,19). The Kier molecular flexibility index (Phi) is 4.53. The third-order valence-corrected chi connectivity index (χ3v) is 5.49. The Morgan fingerprint density at radius 2 is 2.05 bits per heavy atom. The SMILES string of the molecule is CN(C(=O)CSc1nc2ccccc2s1)C(C)(C)C(=O)O. The van der Waals surface area contributed by atoms with Crippen LogP contribution >= 0.6 is 23.1 Å². The van der Waals surface area contributed by atoms with Gasteiger partial charge in [-0.2, -0.15) is 0 Å². The van der Waals surface area contributed by atoms with Gasteiger partial charge in [0, 0.05) is 7.05 Å². The number of thioether (sulfide) groups is 1. The summed E-state index contributed by atoms with van der Waals surface area (Å²) in [5.41, 5.74) is -0.303. The van der Waals surface area contributed by atoms with Gasteiger partial charge in [0.1, 0.15) is 5.54 Å². The maximum Gasteiger partial charge on any atom is 0.329 e. The molecule has 0 unspecified atom stereocenters. The molecule has 1 aromatic heterocycles. The smallest absolute Gasteiger partial charge is 0.329 e. The van der Waals surface area contributed by atoms with Crippen molar-refractivity contribution in [2.45, 2.75) is 23.7 Å². The van der Waals surface area contributed by atoms with E-state index in [4.69, 9.17) is 5.11 Å². The van der Waals surface area contributed by atoms with Crippen molar-refractivity contribution in [3.05, 3.63) is 24.3 Å². The van der Waals surface area contributed by atoms with Crippen LogP contribution in [0.1, 0.15) is 13.8 Å². The minimum Gasteiger partial charge on any atom is -0.480 e. The zero-order chi connectivity index (χ0) is 15.6. The monoisotopic (exact) mass is 324 g/mol. The van der Waals surface area contributed by atoms with Crippen molar-refractivity contribution in [2.24, 2.45) is 0 Å². The lowest BCUT2D eigenvalue weighted by atomic mass is 10.0. The number of nitrogens with zero attached hydrogens (tertiary/aromatic N) is 2. The molecule has 0 atom stereocenters. The first-order valence-electron chi connectivity index (χ1n) is 6.31. The fourth-order valence-corrected chi connectivity index (χ4v) is 3.57. The molecule has 1 aromatic carbocycles. The molecule has 0 spiro atoms. The van der Waals surface area contributed by atoms with E-state index in [1.807, 2.05) is 24.3 Å². The molecule has 1 amide bonds. The largest absolute Gasteiger partial charge is 0.480 e. The number of fused-ring (bicyclic) bond motifs is 1. The number of carboxylic acid groups (broad SMARTS) is 1. The number of amides is 1. The molecule has 1 N–H and O–H groups in total. The summed E-state index contributed by atoms with van der Waals surface area (Å²) in [4.78, 5) is 28.9. The number of thiazole rings is 1. The van der Waals surface area contributed by atoms with Crippen LogP contribution in [-0.2, 0) is 9.59 Å². The number of likely N-dealkylation sites (N-methyl/N-ethyl adjacent to an activating group) is 1. The molecular weight excluding hydrogens is 308 g/mol. The fourth-order valence-electron chi connectivity index (χ4n) is 1.59. The average Bonchev–Trinajstić information content (AvgIpc) is 2.86. The van der Waals surface area contributed by atoms with Crippen LogP contribution in [-0.4, -0.2) is 45.2 Å². The Morgan fingerprint density at radius 3 is 2.67 bits per heavy atom. The van der Waals surface area contributed by atoms with Crippen molar-refractivity contribution in [1.29, 1.82) is 0 Å². The van der Waals surface area contributed by atoms with Gasteiger partial charge in [-0.25, -0.2) is 9.78 Å². The van der Waals surface area contributed by atoms with E-state index in [1.54, 1.807) is 0 Å². The van der Waals surface area contributed by atoms with Gasteiger partial charge in [0.15, 0.2) is 4.34 Å². The molecular formula is C14H16N2O3S2. The van der Waals surface area contributed by atoms with Gasteiger partial charge in [-0.15, -0.1) is 11.3 Å². The first kappa shape index (κ1) is 15.8. The van der Waals surface area contributed by atoms with Gasteiger partial charge in [0.2, 0.25) is 5.91 Å². The zero-order valence-corrected chi connectivity index (χ0v) is 13.6. The number of carboxylic acids is 1. The molecule has 21 heavy (non-hydrogen) atoms. The summed E-state index contributed by atoms with van der Waals surface area (Å²) in [6.07, 6.45) is 0.